The Morgan fingerprint density at radius 2 is 2.08 bits per heavy atom. The van der Waals surface area contributed by atoms with Crippen molar-refractivity contribution in [2.45, 2.75) is 36.5 Å². The summed E-state index contributed by atoms with van der Waals surface area (Å²) < 4.78 is 92.7. The molecule has 2 unspecified atom stereocenters. The molecule has 1 heterocycles. The van der Waals surface area contributed by atoms with E-state index < -0.39 is 27.1 Å². The first-order valence-corrected chi connectivity index (χ1v) is 8.68. The van der Waals surface area contributed by atoms with E-state index in [4.69, 9.17) is 14.2 Å². The quantitative estimate of drug-likeness (QED) is 0.400. The second-order valence-corrected chi connectivity index (χ2v) is 7.13. The monoisotopic (exact) mass is 378 g/mol. The molecule has 11 heteroatoms. The molecule has 0 aromatic carbocycles. The van der Waals surface area contributed by atoms with Crippen molar-refractivity contribution in [2.75, 3.05) is 33.0 Å². The van der Waals surface area contributed by atoms with Crippen molar-refractivity contribution >= 4 is 10.1 Å². The van der Waals surface area contributed by atoms with E-state index >= 15 is 0 Å². The van der Waals surface area contributed by atoms with Gasteiger partial charge in [0.1, 0.15) is 17.5 Å². The van der Waals surface area contributed by atoms with Gasteiger partial charge in [0.25, 0.3) is 0 Å². The Morgan fingerprint density at radius 3 is 2.62 bits per heavy atom. The maximum Gasteiger partial charge on any atom is 0.534 e. The number of halogens is 4. The van der Waals surface area contributed by atoms with Crippen molar-refractivity contribution in [1.29, 1.82) is 0 Å². The molecular formula is C13H18F4O6S. The van der Waals surface area contributed by atoms with E-state index in [9.17, 15) is 26.0 Å². The van der Waals surface area contributed by atoms with E-state index in [1.165, 1.54) is 0 Å². The molecule has 0 aromatic rings. The van der Waals surface area contributed by atoms with E-state index in [1.54, 1.807) is 0 Å². The molecule has 1 aliphatic heterocycles. The Hall–Kier alpha value is -0.910. The molecule has 2 aliphatic rings. The van der Waals surface area contributed by atoms with Gasteiger partial charge in [-0.15, -0.1) is 0 Å². The van der Waals surface area contributed by atoms with Gasteiger partial charge in [-0.25, -0.2) is 4.39 Å². The van der Waals surface area contributed by atoms with Crippen molar-refractivity contribution in [3.63, 3.8) is 0 Å². The Kier molecular flexibility index (Phi) is 6.10. The van der Waals surface area contributed by atoms with Crippen LogP contribution >= 0.6 is 0 Å². The van der Waals surface area contributed by atoms with Crippen LogP contribution in [-0.2, 0) is 28.5 Å². The fourth-order valence-corrected chi connectivity index (χ4v) is 2.78. The third-order valence-corrected chi connectivity index (χ3v) is 4.57. The third-order valence-electron chi connectivity index (χ3n) is 3.56. The Labute approximate surface area is 136 Å². The minimum Gasteiger partial charge on any atom is -0.381 e. The molecule has 0 radical (unpaired) electrons. The molecule has 0 bridgehead atoms. The molecule has 24 heavy (non-hydrogen) atoms. The van der Waals surface area contributed by atoms with Crippen LogP contribution in [0.2, 0.25) is 0 Å². The molecular weight excluding hydrogens is 360 g/mol. The van der Waals surface area contributed by atoms with Gasteiger partial charge in [0, 0.05) is 12.8 Å². The van der Waals surface area contributed by atoms with Gasteiger partial charge < -0.3 is 18.4 Å². The Bertz CT molecular complexity index is 555. The summed E-state index contributed by atoms with van der Waals surface area (Å²) in [7, 11) is -5.72. The average molecular weight is 378 g/mol. The number of alkyl halides is 4. The van der Waals surface area contributed by atoms with Crippen LogP contribution in [0.25, 0.3) is 0 Å². The number of ether oxygens (including phenoxy) is 3. The van der Waals surface area contributed by atoms with Crippen LogP contribution in [0.5, 0.6) is 0 Å². The van der Waals surface area contributed by atoms with Crippen LogP contribution in [0.1, 0.15) is 19.3 Å². The van der Waals surface area contributed by atoms with Gasteiger partial charge in [-0.2, -0.15) is 21.6 Å². The lowest BCUT2D eigenvalue weighted by Gasteiger charge is -2.29. The van der Waals surface area contributed by atoms with Crippen LogP contribution in [0.15, 0.2) is 11.8 Å². The van der Waals surface area contributed by atoms with Crippen LogP contribution in [0, 0.1) is 0 Å². The first-order valence-electron chi connectivity index (χ1n) is 7.27. The van der Waals surface area contributed by atoms with Crippen LogP contribution in [-0.4, -0.2) is 58.7 Å². The number of hydrogen-bond donors (Lipinski definition) is 0. The molecule has 0 spiro atoms. The molecule has 0 aromatic heterocycles. The predicted molar refractivity (Wildman–Crippen MR) is 73.2 cm³/mol. The molecule has 1 fully saturated rings. The molecule has 6 nitrogen and oxygen atoms in total. The van der Waals surface area contributed by atoms with Gasteiger partial charge in [-0.3, -0.25) is 0 Å². The summed E-state index contributed by atoms with van der Waals surface area (Å²) in [4.78, 5) is 0. The third kappa shape index (κ3) is 5.30. The second-order valence-electron chi connectivity index (χ2n) is 5.59. The van der Waals surface area contributed by atoms with Gasteiger partial charge >= 0.3 is 15.6 Å². The van der Waals surface area contributed by atoms with E-state index in [-0.39, 0.29) is 38.6 Å². The smallest absolute Gasteiger partial charge is 0.381 e. The highest BCUT2D eigenvalue weighted by Gasteiger charge is 2.49. The van der Waals surface area contributed by atoms with Crippen molar-refractivity contribution in [2.24, 2.45) is 0 Å². The summed E-state index contributed by atoms with van der Waals surface area (Å²) in [6, 6.07) is 0. The van der Waals surface area contributed by atoms with Crippen LogP contribution < -0.4 is 0 Å². The minimum atomic E-state index is -5.72. The predicted octanol–water partition coefficient (Wildman–Crippen LogP) is 2.06. The summed E-state index contributed by atoms with van der Waals surface area (Å²) in [6.45, 7) is 1.15. The highest BCUT2D eigenvalue weighted by Crippen LogP contribution is 2.35. The molecule has 2 rings (SSSR count). The van der Waals surface area contributed by atoms with Crippen LogP contribution in [0.4, 0.5) is 17.6 Å². The zero-order valence-corrected chi connectivity index (χ0v) is 13.5. The van der Waals surface area contributed by atoms with Crippen LogP contribution in [0.3, 0.4) is 0 Å². The standard InChI is InChI=1S/C13H18F4O6S/c14-12(9-21-8-11-7-20-5-6-22-11)3-1-10(2-4-12)23-24(18,19)13(15,16)17/h1,11H,2-9H2. The SMILES string of the molecule is O=S(=O)(OC1=CCC(F)(COCC2COCCO2)CC1)C(F)(F)F. The zero-order chi connectivity index (χ0) is 17.8. The zero-order valence-electron chi connectivity index (χ0n) is 12.7. The molecule has 2 atom stereocenters. The summed E-state index contributed by atoms with van der Waals surface area (Å²) in [6.07, 6.45) is -0.0297. The summed E-state index contributed by atoms with van der Waals surface area (Å²) in [5.74, 6) is -0.412. The van der Waals surface area contributed by atoms with E-state index in [0.29, 0.717) is 19.8 Å². The highest BCUT2D eigenvalue weighted by atomic mass is 32.2. The normalized spacial score (nSPS) is 29.2. The van der Waals surface area contributed by atoms with Gasteiger partial charge in [-0.1, -0.05) is 0 Å². The van der Waals surface area contributed by atoms with Crippen molar-refractivity contribution < 1.29 is 44.4 Å². The van der Waals surface area contributed by atoms with Gasteiger partial charge in [-0.05, 0) is 12.5 Å². The number of hydrogen-bond acceptors (Lipinski definition) is 6. The molecule has 0 amide bonds. The molecule has 1 aliphatic carbocycles. The number of allylic oxidation sites excluding steroid dienone is 2. The van der Waals surface area contributed by atoms with E-state index in [2.05, 4.69) is 4.18 Å². The molecule has 140 valence electrons. The first kappa shape index (κ1) is 19.4. The Morgan fingerprint density at radius 1 is 1.33 bits per heavy atom. The fourth-order valence-electron chi connectivity index (χ4n) is 2.25. The van der Waals surface area contributed by atoms with E-state index in [0.717, 1.165) is 6.08 Å². The molecule has 1 saturated heterocycles. The summed E-state index contributed by atoms with van der Waals surface area (Å²) >= 11 is 0. The molecule has 0 N–H and O–H groups in total. The van der Waals surface area contributed by atoms with Gasteiger partial charge in [0.15, 0.2) is 0 Å². The lowest BCUT2D eigenvalue weighted by Crippen LogP contribution is -2.37. The first-order chi connectivity index (χ1) is 11.1. The maximum atomic E-state index is 14.5. The minimum absolute atomic E-state index is 0.140. The topological polar surface area (TPSA) is 71.1 Å². The average Bonchev–Trinajstić information content (AvgIpc) is 2.50. The Balaban J connectivity index is 1.80. The van der Waals surface area contributed by atoms with Crippen molar-refractivity contribution in [1.82, 2.24) is 0 Å². The lowest BCUT2D eigenvalue weighted by atomic mass is 9.91. The number of rotatable bonds is 6. The second kappa shape index (κ2) is 7.54. The van der Waals surface area contributed by atoms with Crippen molar-refractivity contribution in [3.8, 4) is 0 Å². The largest absolute Gasteiger partial charge is 0.534 e. The molecule has 0 saturated carbocycles. The maximum absolute atomic E-state index is 14.5. The van der Waals surface area contributed by atoms with Gasteiger partial charge in [0.05, 0.1) is 33.0 Å². The summed E-state index contributed by atoms with van der Waals surface area (Å²) in [5.41, 5.74) is -7.30. The van der Waals surface area contributed by atoms with Crippen molar-refractivity contribution in [3.05, 3.63) is 11.8 Å². The van der Waals surface area contributed by atoms with Gasteiger partial charge in [0.2, 0.25) is 0 Å². The van der Waals surface area contributed by atoms with E-state index in [1.807, 2.05) is 0 Å². The fraction of sp³-hybridized carbons (Fsp3) is 0.846. The lowest BCUT2D eigenvalue weighted by molar-refractivity contribution is -0.124. The highest BCUT2D eigenvalue weighted by molar-refractivity contribution is 7.87. The summed E-state index contributed by atoms with van der Waals surface area (Å²) in [5, 5.41) is 0.